The summed E-state index contributed by atoms with van der Waals surface area (Å²) in [7, 11) is -3.53. The van der Waals surface area contributed by atoms with Gasteiger partial charge in [0.2, 0.25) is 0 Å². The van der Waals surface area contributed by atoms with E-state index in [9.17, 15) is 8.42 Å². The van der Waals surface area contributed by atoms with Crippen molar-refractivity contribution in [1.82, 2.24) is 4.37 Å². The molecule has 0 saturated carbocycles. The van der Waals surface area contributed by atoms with Crippen LogP contribution in [0.25, 0.3) is 0 Å². The summed E-state index contributed by atoms with van der Waals surface area (Å²) in [6, 6.07) is 9.29. The van der Waals surface area contributed by atoms with Crippen LogP contribution in [0.15, 0.2) is 40.7 Å². The Morgan fingerprint density at radius 1 is 1.24 bits per heavy atom. The van der Waals surface area contributed by atoms with Crippen molar-refractivity contribution in [3.05, 3.63) is 36.5 Å². The molecule has 7 heteroatoms. The third-order valence-electron chi connectivity index (χ3n) is 3.09. The maximum Gasteiger partial charge on any atom is 0.272 e. The first-order chi connectivity index (χ1) is 9.94. The first kappa shape index (κ1) is 15.8. The summed E-state index contributed by atoms with van der Waals surface area (Å²) in [5.74, 6) is 0. The highest BCUT2D eigenvalue weighted by molar-refractivity contribution is 7.94. The number of rotatable bonds is 6. The second-order valence-electron chi connectivity index (χ2n) is 4.86. The third kappa shape index (κ3) is 3.74. The smallest absolute Gasteiger partial charge is 0.272 e. The molecule has 1 heterocycles. The summed E-state index contributed by atoms with van der Waals surface area (Å²) in [6.07, 6.45) is 1.48. The highest BCUT2D eigenvalue weighted by Gasteiger charge is 2.16. The fourth-order valence-electron chi connectivity index (χ4n) is 2.11. The van der Waals surface area contributed by atoms with Crippen LogP contribution in [0, 0.1) is 0 Å². The number of nitrogens with zero attached hydrogens (tertiary/aromatic N) is 2. The molecular formula is C14H19N3O2S2. The zero-order chi connectivity index (χ0) is 15.5. The molecule has 0 spiro atoms. The number of hydrogen-bond acceptors (Lipinski definition) is 5. The predicted molar refractivity (Wildman–Crippen MR) is 87.5 cm³/mol. The molecule has 1 aromatic heterocycles. The second kappa shape index (κ2) is 6.44. The van der Waals surface area contributed by atoms with Crippen molar-refractivity contribution in [2.24, 2.45) is 0 Å². The zero-order valence-corrected chi connectivity index (χ0v) is 13.9. The molecule has 2 rings (SSSR count). The highest BCUT2D eigenvalue weighted by Crippen LogP contribution is 2.22. The standard InChI is InChI=1S/C14H19N3O2S2/c1-4-17(11(2)3)13-7-5-12(6-8-13)16-21(18,19)14-9-10-15-20-14/h5-11,16H,4H2,1-3H3. The first-order valence-electron chi connectivity index (χ1n) is 6.74. The van der Waals surface area contributed by atoms with Gasteiger partial charge in [-0.25, -0.2) is 8.42 Å². The average molecular weight is 325 g/mol. The summed E-state index contributed by atoms with van der Waals surface area (Å²) in [5.41, 5.74) is 1.63. The Hall–Kier alpha value is -1.60. The van der Waals surface area contributed by atoms with E-state index in [1.807, 2.05) is 12.1 Å². The molecule has 0 unspecified atom stereocenters. The zero-order valence-electron chi connectivity index (χ0n) is 12.3. The molecule has 5 nitrogen and oxygen atoms in total. The summed E-state index contributed by atoms with van der Waals surface area (Å²) < 4.78 is 30.8. The van der Waals surface area contributed by atoms with Gasteiger partial charge in [-0.2, -0.15) is 4.37 Å². The van der Waals surface area contributed by atoms with Crippen molar-refractivity contribution in [2.75, 3.05) is 16.2 Å². The molecule has 0 aliphatic heterocycles. The van der Waals surface area contributed by atoms with Gasteiger partial charge in [0.15, 0.2) is 4.21 Å². The molecule has 0 amide bonds. The van der Waals surface area contributed by atoms with E-state index in [1.54, 1.807) is 12.1 Å². The van der Waals surface area contributed by atoms with Gasteiger partial charge >= 0.3 is 0 Å². The molecule has 0 radical (unpaired) electrons. The largest absolute Gasteiger partial charge is 0.369 e. The molecule has 0 atom stereocenters. The molecule has 114 valence electrons. The van der Waals surface area contributed by atoms with E-state index in [2.05, 4.69) is 34.8 Å². The molecule has 0 saturated heterocycles. The second-order valence-corrected chi connectivity index (χ2v) is 7.61. The third-order valence-corrected chi connectivity index (χ3v) is 5.69. The van der Waals surface area contributed by atoms with Gasteiger partial charge in [-0.05, 0) is 62.6 Å². The Kier molecular flexibility index (Phi) is 4.84. The fourth-order valence-corrected chi connectivity index (χ4v) is 3.90. The van der Waals surface area contributed by atoms with Crippen molar-refractivity contribution in [3.8, 4) is 0 Å². The summed E-state index contributed by atoms with van der Waals surface area (Å²) in [5, 5.41) is 0. The number of aromatic nitrogens is 1. The number of hydrogen-bond donors (Lipinski definition) is 1. The van der Waals surface area contributed by atoms with Crippen LogP contribution in [-0.2, 0) is 10.0 Å². The Morgan fingerprint density at radius 2 is 1.90 bits per heavy atom. The van der Waals surface area contributed by atoms with Crippen LogP contribution in [0.2, 0.25) is 0 Å². The van der Waals surface area contributed by atoms with Crippen LogP contribution in [-0.4, -0.2) is 25.4 Å². The Labute approximate surface area is 129 Å². The van der Waals surface area contributed by atoms with Crippen molar-refractivity contribution in [1.29, 1.82) is 0 Å². The molecule has 21 heavy (non-hydrogen) atoms. The lowest BCUT2D eigenvalue weighted by Crippen LogP contribution is -2.30. The van der Waals surface area contributed by atoms with E-state index in [4.69, 9.17) is 0 Å². The van der Waals surface area contributed by atoms with E-state index in [0.29, 0.717) is 11.7 Å². The van der Waals surface area contributed by atoms with Crippen LogP contribution >= 0.6 is 11.5 Å². The molecule has 0 bridgehead atoms. The number of benzene rings is 1. The van der Waals surface area contributed by atoms with Crippen molar-refractivity contribution in [3.63, 3.8) is 0 Å². The van der Waals surface area contributed by atoms with E-state index in [1.165, 1.54) is 12.3 Å². The molecule has 0 aliphatic rings. The van der Waals surface area contributed by atoms with Gasteiger partial charge in [-0.1, -0.05) is 0 Å². The Morgan fingerprint density at radius 3 is 2.38 bits per heavy atom. The monoisotopic (exact) mass is 325 g/mol. The summed E-state index contributed by atoms with van der Waals surface area (Å²) in [6.45, 7) is 7.26. The summed E-state index contributed by atoms with van der Waals surface area (Å²) in [4.78, 5) is 2.24. The fraction of sp³-hybridized carbons (Fsp3) is 0.357. The summed E-state index contributed by atoms with van der Waals surface area (Å²) >= 11 is 0.956. The van der Waals surface area contributed by atoms with Crippen molar-refractivity contribution < 1.29 is 8.42 Å². The van der Waals surface area contributed by atoms with Crippen LogP contribution < -0.4 is 9.62 Å². The Balaban J connectivity index is 2.17. The quantitative estimate of drug-likeness (QED) is 0.886. The first-order valence-corrected chi connectivity index (χ1v) is 9.00. The minimum atomic E-state index is -3.53. The van der Waals surface area contributed by atoms with E-state index in [-0.39, 0.29) is 4.21 Å². The average Bonchev–Trinajstić information content (AvgIpc) is 2.95. The minimum Gasteiger partial charge on any atom is -0.369 e. The molecule has 1 aromatic carbocycles. The van der Waals surface area contributed by atoms with Crippen LogP contribution in [0.1, 0.15) is 20.8 Å². The highest BCUT2D eigenvalue weighted by atomic mass is 32.2. The molecule has 0 fully saturated rings. The van der Waals surface area contributed by atoms with Crippen LogP contribution in [0.3, 0.4) is 0 Å². The topological polar surface area (TPSA) is 62.3 Å². The predicted octanol–water partition coefficient (Wildman–Crippen LogP) is 3.18. The van der Waals surface area contributed by atoms with Gasteiger partial charge in [-0.15, -0.1) is 0 Å². The van der Waals surface area contributed by atoms with Gasteiger partial charge in [0.25, 0.3) is 10.0 Å². The molecule has 1 N–H and O–H groups in total. The maximum absolute atomic E-state index is 12.1. The van der Waals surface area contributed by atoms with Gasteiger partial charge < -0.3 is 4.90 Å². The van der Waals surface area contributed by atoms with Gasteiger partial charge in [0.05, 0.1) is 0 Å². The lowest BCUT2D eigenvalue weighted by atomic mass is 10.2. The number of anilines is 2. The normalized spacial score (nSPS) is 11.6. The van der Waals surface area contributed by atoms with Crippen molar-refractivity contribution in [2.45, 2.75) is 31.0 Å². The SMILES string of the molecule is CCN(c1ccc(NS(=O)(=O)c2ccns2)cc1)C(C)C. The lowest BCUT2D eigenvalue weighted by molar-refractivity contribution is 0.603. The Bertz CT molecular complexity index is 665. The molecule has 0 aliphatic carbocycles. The van der Waals surface area contributed by atoms with E-state index >= 15 is 0 Å². The lowest BCUT2D eigenvalue weighted by Gasteiger charge is -2.27. The van der Waals surface area contributed by atoms with E-state index in [0.717, 1.165) is 23.8 Å². The van der Waals surface area contributed by atoms with Crippen LogP contribution in [0.5, 0.6) is 0 Å². The van der Waals surface area contributed by atoms with Crippen LogP contribution in [0.4, 0.5) is 11.4 Å². The maximum atomic E-state index is 12.1. The van der Waals surface area contributed by atoms with Gasteiger partial charge in [0.1, 0.15) is 0 Å². The van der Waals surface area contributed by atoms with E-state index < -0.39 is 10.0 Å². The van der Waals surface area contributed by atoms with Gasteiger partial charge in [0, 0.05) is 30.2 Å². The van der Waals surface area contributed by atoms with Gasteiger partial charge in [-0.3, -0.25) is 4.72 Å². The number of sulfonamides is 1. The minimum absolute atomic E-state index is 0.212. The molecule has 2 aromatic rings. The molecular weight excluding hydrogens is 306 g/mol. The number of nitrogens with one attached hydrogen (secondary N) is 1. The van der Waals surface area contributed by atoms with Crippen molar-refractivity contribution >= 4 is 32.9 Å².